The molecule has 3 atom stereocenters. The molecule has 4 amide bonds. The van der Waals surface area contributed by atoms with Gasteiger partial charge in [-0.1, -0.05) is 60.1 Å². The molecule has 0 fully saturated rings. The van der Waals surface area contributed by atoms with Crippen molar-refractivity contribution in [3.8, 4) is 5.75 Å². The molecule has 0 spiro atoms. The highest BCUT2D eigenvalue weighted by atomic mass is 35.5. The standard InChI is InChI=1S/C46H49ClF3N5O9/c1-44(2,3)63-38(56)19-18-34(40(58)51-31-12-9-13-32(24-31)62-46(48,49)50)53-43(61)37(25-39(57)64-45(4,5)6)55-41(59)35(21-26-14-15-27-10-7-8-11-28(27)20-26)54-42(60)36-23-29-22-30(47)16-17-33(29)52-36/h7-17,20,22-24,34-35,37,52H,18-19,21,25H2,1-6H3,(H,51,58)(H,53,61)(H,54,60)(H,55,59)/t34-,35-,37-/m0/s1. The second-order valence-corrected chi connectivity index (χ2v) is 17.4. The van der Waals surface area contributed by atoms with Gasteiger partial charge in [-0.2, -0.15) is 0 Å². The number of H-pyrrole nitrogens is 1. The zero-order chi connectivity index (χ0) is 47.0. The first-order valence-electron chi connectivity index (χ1n) is 20.2. The Morgan fingerprint density at radius 2 is 1.31 bits per heavy atom. The third-order valence-electron chi connectivity index (χ3n) is 9.15. The smallest absolute Gasteiger partial charge is 0.460 e. The van der Waals surface area contributed by atoms with Crippen molar-refractivity contribution < 1.29 is 56.1 Å². The van der Waals surface area contributed by atoms with Gasteiger partial charge in [0.1, 0.15) is 40.8 Å². The molecule has 5 rings (SSSR count). The molecule has 1 heterocycles. The lowest BCUT2D eigenvalue weighted by atomic mass is 10.0. The lowest BCUT2D eigenvalue weighted by molar-refractivity contribution is -0.274. The number of esters is 2. The quantitative estimate of drug-likeness (QED) is 0.0618. The maximum atomic E-state index is 14.4. The lowest BCUT2D eigenvalue weighted by Crippen LogP contribution is -2.57. The minimum atomic E-state index is -5.03. The third-order valence-corrected chi connectivity index (χ3v) is 9.39. The van der Waals surface area contributed by atoms with Crippen LogP contribution in [0.2, 0.25) is 5.02 Å². The van der Waals surface area contributed by atoms with Gasteiger partial charge in [0, 0.05) is 40.5 Å². The summed E-state index contributed by atoms with van der Waals surface area (Å²) in [6.45, 7) is 9.67. The minimum absolute atomic E-state index is 0.0761. The largest absolute Gasteiger partial charge is 0.573 e. The van der Waals surface area contributed by atoms with Gasteiger partial charge >= 0.3 is 18.3 Å². The number of halogens is 4. The summed E-state index contributed by atoms with van der Waals surface area (Å²) in [4.78, 5) is 85.3. The molecule has 0 aliphatic rings. The zero-order valence-electron chi connectivity index (χ0n) is 35.9. The first-order valence-corrected chi connectivity index (χ1v) is 20.6. The number of aromatic nitrogens is 1. The van der Waals surface area contributed by atoms with Gasteiger partial charge in [-0.15, -0.1) is 13.2 Å². The average Bonchev–Trinajstić information content (AvgIpc) is 3.60. The summed E-state index contributed by atoms with van der Waals surface area (Å²) in [5.41, 5.74) is -0.719. The molecule has 18 heteroatoms. The van der Waals surface area contributed by atoms with Crippen molar-refractivity contribution in [2.45, 2.75) is 103 Å². The number of fused-ring (bicyclic) bond motifs is 2. The number of aromatic amines is 1. The fraction of sp³-hybridized carbons (Fsp3) is 0.348. The number of rotatable bonds is 16. The van der Waals surface area contributed by atoms with Gasteiger partial charge in [0.15, 0.2) is 0 Å². The van der Waals surface area contributed by atoms with Crippen molar-refractivity contribution >= 4 is 74.5 Å². The minimum Gasteiger partial charge on any atom is -0.460 e. The molecule has 64 heavy (non-hydrogen) atoms. The van der Waals surface area contributed by atoms with Crippen molar-refractivity contribution in [3.63, 3.8) is 0 Å². The van der Waals surface area contributed by atoms with Crippen molar-refractivity contribution in [3.05, 3.63) is 107 Å². The van der Waals surface area contributed by atoms with E-state index in [1.807, 2.05) is 36.4 Å². The number of hydrogen-bond donors (Lipinski definition) is 5. The molecule has 340 valence electrons. The molecule has 5 N–H and O–H groups in total. The van der Waals surface area contributed by atoms with Gasteiger partial charge in [0.05, 0.1) is 6.42 Å². The van der Waals surface area contributed by atoms with E-state index in [1.54, 1.807) is 71.9 Å². The summed E-state index contributed by atoms with van der Waals surface area (Å²) >= 11 is 6.16. The van der Waals surface area contributed by atoms with E-state index >= 15 is 0 Å². The topological polar surface area (TPSA) is 194 Å². The Morgan fingerprint density at radius 1 is 0.656 bits per heavy atom. The van der Waals surface area contributed by atoms with E-state index in [0.29, 0.717) is 21.5 Å². The van der Waals surface area contributed by atoms with Crippen LogP contribution in [0.25, 0.3) is 21.7 Å². The van der Waals surface area contributed by atoms with E-state index < -0.39 is 89.8 Å². The summed E-state index contributed by atoms with van der Waals surface area (Å²) in [6.07, 6.45) is -6.63. The van der Waals surface area contributed by atoms with Gasteiger partial charge < -0.3 is 40.5 Å². The number of nitrogens with one attached hydrogen (secondary N) is 5. The number of hydrogen-bond acceptors (Lipinski definition) is 9. The molecule has 14 nitrogen and oxygen atoms in total. The molecular weight excluding hydrogens is 859 g/mol. The van der Waals surface area contributed by atoms with Crippen molar-refractivity contribution in [1.29, 1.82) is 0 Å². The Bertz CT molecular complexity index is 2530. The Morgan fingerprint density at radius 3 is 2.00 bits per heavy atom. The molecule has 0 radical (unpaired) electrons. The highest BCUT2D eigenvalue weighted by Crippen LogP contribution is 2.26. The number of amides is 4. The predicted molar refractivity (Wildman–Crippen MR) is 233 cm³/mol. The van der Waals surface area contributed by atoms with E-state index in [0.717, 1.165) is 22.9 Å². The molecule has 0 aliphatic heterocycles. The fourth-order valence-electron chi connectivity index (χ4n) is 6.50. The van der Waals surface area contributed by atoms with E-state index in [1.165, 1.54) is 12.1 Å². The predicted octanol–water partition coefficient (Wildman–Crippen LogP) is 7.68. The molecule has 0 bridgehead atoms. The van der Waals surface area contributed by atoms with Crippen LogP contribution in [-0.2, 0) is 39.9 Å². The molecule has 1 aromatic heterocycles. The molecule has 0 saturated carbocycles. The first-order chi connectivity index (χ1) is 29.9. The van der Waals surface area contributed by atoms with Crippen LogP contribution in [-0.4, -0.2) is 76.2 Å². The highest BCUT2D eigenvalue weighted by molar-refractivity contribution is 6.31. The highest BCUT2D eigenvalue weighted by Gasteiger charge is 2.34. The summed E-state index contributed by atoms with van der Waals surface area (Å²) in [6, 6.07) is 19.3. The fourth-order valence-corrected chi connectivity index (χ4v) is 6.68. The molecule has 0 saturated heterocycles. The molecule has 0 unspecified atom stereocenters. The number of benzene rings is 4. The van der Waals surface area contributed by atoms with E-state index in [9.17, 15) is 41.9 Å². The average molecular weight is 908 g/mol. The summed E-state index contributed by atoms with van der Waals surface area (Å²) in [7, 11) is 0. The molecular formula is C46H49ClF3N5O9. The van der Waals surface area contributed by atoms with Crippen LogP contribution in [0.15, 0.2) is 91.0 Å². The molecule has 0 aliphatic carbocycles. The van der Waals surface area contributed by atoms with Gasteiger partial charge in [0.25, 0.3) is 5.91 Å². The maximum absolute atomic E-state index is 14.4. The second kappa shape index (κ2) is 20.3. The van der Waals surface area contributed by atoms with Crippen molar-refractivity contribution in [1.82, 2.24) is 20.9 Å². The van der Waals surface area contributed by atoms with Gasteiger partial charge in [0.2, 0.25) is 17.7 Å². The Balaban J connectivity index is 1.45. The van der Waals surface area contributed by atoms with E-state index in [4.69, 9.17) is 21.1 Å². The van der Waals surface area contributed by atoms with Crippen LogP contribution < -0.4 is 26.0 Å². The van der Waals surface area contributed by atoms with E-state index in [-0.39, 0.29) is 24.2 Å². The molecule has 4 aromatic carbocycles. The van der Waals surface area contributed by atoms with Crippen molar-refractivity contribution in [2.75, 3.05) is 5.32 Å². The summed E-state index contributed by atoms with van der Waals surface area (Å²) in [5, 5.41) is 13.1. The Labute approximate surface area is 371 Å². The Hall–Kier alpha value is -6.62. The van der Waals surface area contributed by atoms with Crippen LogP contribution in [0.5, 0.6) is 5.75 Å². The van der Waals surface area contributed by atoms with Crippen molar-refractivity contribution in [2.24, 2.45) is 0 Å². The van der Waals surface area contributed by atoms with Gasteiger partial charge in [-0.3, -0.25) is 28.8 Å². The second-order valence-electron chi connectivity index (χ2n) is 16.9. The number of carbonyl (C=O) groups excluding carboxylic acids is 6. The first kappa shape index (κ1) is 48.4. The monoisotopic (exact) mass is 907 g/mol. The van der Waals surface area contributed by atoms with Crippen LogP contribution in [0.3, 0.4) is 0 Å². The van der Waals surface area contributed by atoms with E-state index in [2.05, 4.69) is 31.0 Å². The summed E-state index contributed by atoms with van der Waals surface area (Å²) in [5.74, 6) is -5.88. The SMILES string of the molecule is CC(C)(C)OC(=O)CC[C@H](NC(=O)[C@H](CC(=O)OC(C)(C)C)NC(=O)[C@H](Cc1ccc2ccccc2c1)NC(=O)c1cc2cc(Cl)ccc2[nH]1)C(=O)Nc1cccc(OC(F)(F)F)c1. The number of ether oxygens (including phenoxy) is 3. The van der Waals surface area contributed by atoms with Crippen LogP contribution >= 0.6 is 11.6 Å². The van der Waals surface area contributed by atoms with Crippen LogP contribution in [0.4, 0.5) is 18.9 Å². The zero-order valence-corrected chi connectivity index (χ0v) is 36.7. The third kappa shape index (κ3) is 15.0. The maximum Gasteiger partial charge on any atom is 0.573 e. The van der Waals surface area contributed by atoms with Gasteiger partial charge in [-0.25, -0.2) is 0 Å². The Kier molecular flexibility index (Phi) is 15.3. The number of carbonyl (C=O) groups is 6. The van der Waals surface area contributed by atoms with Gasteiger partial charge in [-0.05, 0) is 101 Å². The lowest BCUT2D eigenvalue weighted by Gasteiger charge is -2.26. The number of alkyl halides is 3. The molecule has 5 aromatic rings. The number of anilines is 1. The van der Waals surface area contributed by atoms with Crippen LogP contribution in [0, 0.1) is 0 Å². The van der Waals surface area contributed by atoms with Crippen LogP contribution in [0.1, 0.15) is 76.9 Å². The normalized spacial score (nSPS) is 13.3. The summed E-state index contributed by atoms with van der Waals surface area (Å²) < 4.78 is 53.7.